The van der Waals surface area contributed by atoms with Crippen molar-refractivity contribution in [1.82, 2.24) is 5.32 Å². The molecule has 0 aromatic rings. The van der Waals surface area contributed by atoms with Gasteiger partial charge in [0, 0.05) is 12.8 Å². The molecule has 0 saturated heterocycles. The predicted molar refractivity (Wildman–Crippen MR) is 252 cm³/mol. The van der Waals surface area contributed by atoms with Crippen molar-refractivity contribution in [3.63, 3.8) is 0 Å². The van der Waals surface area contributed by atoms with Crippen LogP contribution in [0.25, 0.3) is 0 Å². The van der Waals surface area contributed by atoms with Gasteiger partial charge >= 0.3 is 5.97 Å². The molecule has 0 spiro atoms. The summed E-state index contributed by atoms with van der Waals surface area (Å²) in [5.41, 5.74) is 0. The zero-order valence-electron chi connectivity index (χ0n) is 40.2. The molecular weight excluding hydrogens is 772 g/mol. The maximum absolute atomic E-state index is 13.4. The van der Waals surface area contributed by atoms with E-state index in [0.29, 0.717) is 17.4 Å². The van der Waals surface area contributed by atoms with Crippen LogP contribution in [0, 0.1) is 0 Å². The molecule has 10 heteroatoms. The topological polar surface area (TPSA) is 114 Å². The van der Waals surface area contributed by atoms with Gasteiger partial charge in [-0.05, 0) is 51.0 Å². The van der Waals surface area contributed by atoms with E-state index in [0.717, 1.165) is 83.5 Å². The lowest BCUT2D eigenvalue weighted by molar-refractivity contribution is -0.870. The van der Waals surface area contributed by atoms with Crippen LogP contribution in [-0.4, -0.2) is 69.4 Å². The van der Waals surface area contributed by atoms with Gasteiger partial charge in [0.25, 0.3) is 7.82 Å². The highest BCUT2D eigenvalue weighted by Gasteiger charge is 2.27. The van der Waals surface area contributed by atoms with Gasteiger partial charge in [-0.3, -0.25) is 14.2 Å². The Kier molecular flexibility index (Phi) is 40.5. The number of amides is 1. The number of unbranched alkanes of at least 4 members (excludes halogenated alkanes) is 27. The number of carbonyl (C=O) groups is 2. The SMILES string of the molecule is CCCC/C=C\CCCCCCCC(=O)OC(/C=C/CCCCCCCCCCCC)C(COP(=O)([O-])OCC[N+](C)(C)C)NC(=O)CCCCCCCCCCCCC. The number of hydrogen-bond donors (Lipinski definition) is 1. The first-order valence-electron chi connectivity index (χ1n) is 25.1. The molecule has 0 rings (SSSR count). The summed E-state index contributed by atoms with van der Waals surface area (Å²) in [7, 11) is 1.19. The van der Waals surface area contributed by atoms with Crippen molar-refractivity contribution in [2.45, 2.75) is 245 Å². The Morgan fingerprint density at radius 3 is 1.47 bits per heavy atom. The minimum Gasteiger partial charge on any atom is -0.756 e. The molecule has 0 bridgehead atoms. The number of ether oxygens (including phenoxy) is 1. The normalized spacial score (nSPS) is 14.2. The van der Waals surface area contributed by atoms with Crippen molar-refractivity contribution < 1.29 is 37.3 Å². The second-order valence-corrected chi connectivity index (χ2v) is 19.7. The summed E-state index contributed by atoms with van der Waals surface area (Å²) in [6.45, 7) is 6.78. The molecule has 1 amide bonds. The number of carbonyl (C=O) groups excluding carboxylic acids is 2. The number of nitrogens with one attached hydrogen (secondary N) is 1. The third-order valence-electron chi connectivity index (χ3n) is 11.1. The van der Waals surface area contributed by atoms with Crippen molar-refractivity contribution in [3.05, 3.63) is 24.3 Å². The molecule has 3 unspecified atom stereocenters. The first-order valence-corrected chi connectivity index (χ1v) is 26.6. The van der Waals surface area contributed by atoms with E-state index in [-0.39, 0.29) is 31.5 Å². The number of quaternary nitrogens is 1. The molecule has 0 radical (unpaired) electrons. The molecule has 0 saturated carbocycles. The van der Waals surface area contributed by atoms with Gasteiger partial charge in [0.15, 0.2) is 0 Å². The maximum atomic E-state index is 13.4. The highest BCUT2D eigenvalue weighted by Crippen LogP contribution is 2.38. The van der Waals surface area contributed by atoms with Crippen molar-refractivity contribution in [1.29, 1.82) is 0 Å². The van der Waals surface area contributed by atoms with Gasteiger partial charge in [0.2, 0.25) is 5.91 Å². The molecule has 9 nitrogen and oxygen atoms in total. The molecule has 0 aliphatic carbocycles. The number of allylic oxidation sites excluding steroid dienone is 3. The van der Waals surface area contributed by atoms with Crippen molar-refractivity contribution >= 4 is 19.7 Å². The molecule has 354 valence electrons. The van der Waals surface area contributed by atoms with Crippen LogP contribution in [0.5, 0.6) is 0 Å². The third kappa shape index (κ3) is 41.8. The van der Waals surface area contributed by atoms with Crippen LogP contribution < -0.4 is 10.2 Å². The zero-order chi connectivity index (χ0) is 44.4. The number of phosphoric ester groups is 1. The lowest BCUT2D eigenvalue weighted by Gasteiger charge is -2.30. The molecular formula is C50H97N2O7P. The summed E-state index contributed by atoms with van der Waals surface area (Å²) in [5, 5.41) is 3.00. The average molecular weight is 869 g/mol. The van der Waals surface area contributed by atoms with E-state index < -0.39 is 20.0 Å². The maximum Gasteiger partial charge on any atom is 0.306 e. The highest BCUT2D eigenvalue weighted by molar-refractivity contribution is 7.45. The van der Waals surface area contributed by atoms with Crippen molar-refractivity contribution in [2.24, 2.45) is 0 Å². The van der Waals surface area contributed by atoms with Gasteiger partial charge in [0.1, 0.15) is 19.3 Å². The van der Waals surface area contributed by atoms with Crippen LogP contribution in [0.15, 0.2) is 24.3 Å². The van der Waals surface area contributed by atoms with E-state index in [4.69, 9.17) is 13.8 Å². The summed E-state index contributed by atoms with van der Waals surface area (Å²) in [5.74, 6) is -0.549. The van der Waals surface area contributed by atoms with Crippen molar-refractivity contribution in [3.8, 4) is 0 Å². The van der Waals surface area contributed by atoms with Crippen LogP contribution in [0.3, 0.4) is 0 Å². The van der Waals surface area contributed by atoms with Crippen LogP contribution in [0.1, 0.15) is 233 Å². The Bertz CT molecular complexity index is 1090. The summed E-state index contributed by atoms with van der Waals surface area (Å²) in [6, 6.07) is -0.882. The molecule has 1 N–H and O–H groups in total. The molecule has 0 heterocycles. The minimum absolute atomic E-state index is 0.0208. The largest absolute Gasteiger partial charge is 0.756 e. The Hall–Kier alpha value is -1.51. The lowest BCUT2D eigenvalue weighted by atomic mass is 10.0. The summed E-state index contributed by atoms with van der Waals surface area (Å²) in [4.78, 5) is 39.5. The fourth-order valence-corrected chi connectivity index (χ4v) is 7.87. The Morgan fingerprint density at radius 1 is 0.567 bits per heavy atom. The monoisotopic (exact) mass is 869 g/mol. The second-order valence-electron chi connectivity index (χ2n) is 18.3. The van der Waals surface area contributed by atoms with Gasteiger partial charge in [-0.15, -0.1) is 0 Å². The number of phosphoric acid groups is 1. The van der Waals surface area contributed by atoms with Gasteiger partial charge in [0.05, 0.1) is 33.8 Å². The molecule has 3 atom stereocenters. The third-order valence-corrected chi connectivity index (χ3v) is 12.1. The first kappa shape index (κ1) is 58.5. The van der Waals surface area contributed by atoms with E-state index in [9.17, 15) is 19.0 Å². The van der Waals surface area contributed by atoms with Crippen LogP contribution in [0.4, 0.5) is 0 Å². The van der Waals surface area contributed by atoms with E-state index in [1.54, 1.807) is 0 Å². The van der Waals surface area contributed by atoms with Gasteiger partial charge in [-0.25, -0.2) is 0 Å². The van der Waals surface area contributed by atoms with E-state index in [2.05, 4.69) is 38.2 Å². The summed E-state index contributed by atoms with van der Waals surface area (Å²) in [6.07, 6.45) is 44.2. The molecule has 0 fully saturated rings. The number of likely N-dealkylation sites (N-methyl/N-ethyl adjacent to an activating group) is 1. The van der Waals surface area contributed by atoms with E-state index >= 15 is 0 Å². The second kappa shape index (κ2) is 41.5. The molecule has 0 aliphatic heterocycles. The predicted octanol–water partition coefficient (Wildman–Crippen LogP) is 13.6. The molecule has 0 aliphatic rings. The van der Waals surface area contributed by atoms with Crippen molar-refractivity contribution in [2.75, 3.05) is 40.9 Å². The number of nitrogens with zero attached hydrogens (tertiary/aromatic N) is 1. The highest BCUT2D eigenvalue weighted by atomic mass is 31.2. The average Bonchev–Trinajstić information content (AvgIpc) is 3.20. The fraction of sp³-hybridized carbons (Fsp3) is 0.880. The number of esters is 1. The lowest BCUT2D eigenvalue weighted by Crippen LogP contribution is -2.47. The number of rotatable bonds is 45. The first-order chi connectivity index (χ1) is 28.9. The van der Waals surface area contributed by atoms with Gasteiger partial charge in [-0.1, -0.05) is 193 Å². The molecule has 0 aromatic heterocycles. The Labute approximate surface area is 371 Å². The van der Waals surface area contributed by atoms with Crippen LogP contribution >= 0.6 is 7.82 Å². The quantitative estimate of drug-likeness (QED) is 0.0213. The Balaban J connectivity index is 5.47. The van der Waals surface area contributed by atoms with Gasteiger partial charge < -0.3 is 28.5 Å². The smallest absolute Gasteiger partial charge is 0.306 e. The fourth-order valence-electron chi connectivity index (χ4n) is 7.15. The minimum atomic E-state index is -4.68. The van der Waals surface area contributed by atoms with E-state index in [1.165, 1.54) is 116 Å². The van der Waals surface area contributed by atoms with E-state index in [1.807, 2.05) is 33.3 Å². The van der Waals surface area contributed by atoms with Crippen LogP contribution in [0.2, 0.25) is 0 Å². The summed E-state index contributed by atoms with van der Waals surface area (Å²) < 4.78 is 30.0. The standard InChI is InChI=1S/C50H97N2O7P/c1-7-10-13-16-19-22-25-28-29-32-35-38-41-48(59-50(54)43-40-37-34-31-27-24-21-18-15-12-9-3)47(46-58-60(55,56)57-45-44-52(4,5)6)51-49(53)42-39-36-33-30-26-23-20-17-14-11-8-2/h18,21,38,41,47-48H,7-17,19-20,22-37,39-40,42-46H2,1-6H3,(H-,51,53,55,56)/b21-18-,41-38+. The Morgan fingerprint density at radius 2 is 0.983 bits per heavy atom. The van der Waals surface area contributed by atoms with Gasteiger partial charge in [-0.2, -0.15) is 0 Å². The van der Waals surface area contributed by atoms with Crippen LogP contribution in [-0.2, 0) is 27.9 Å². The summed E-state index contributed by atoms with van der Waals surface area (Å²) >= 11 is 0. The zero-order valence-corrected chi connectivity index (χ0v) is 41.1. The molecule has 60 heavy (non-hydrogen) atoms. The molecule has 0 aromatic carbocycles. The number of hydrogen-bond acceptors (Lipinski definition) is 7.